The highest BCUT2D eigenvalue weighted by Gasteiger charge is 2.22. The molecule has 1 fully saturated rings. The second kappa shape index (κ2) is 9.94. The highest BCUT2D eigenvalue weighted by atomic mass is 35.5. The predicted octanol–water partition coefficient (Wildman–Crippen LogP) is 5.06. The van der Waals surface area contributed by atoms with E-state index < -0.39 is 18.0 Å². The number of carboxylic acid groups (broad SMARTS) is 1. The highest BCUT2D eigenvalue weighted by Crippen LogP contribution is 2.34. The average molecular weight is 489 g/mol. The van der Waals surface area contributed by atoms with Crippen LogP contribution in [0.2, 0.25) is 5.02 Å². The second-order valence-electron chi connectivity index (χ2n) is 8.72. The summed E-state index contributed by atoms with van der Waals surface area (Å²) >= 11 is 6.63. The molecule has 0 spiro atoms. The summed E-state index contributed by atoms with van der Waals surface area (Å²) < 4.78 is 5.52. The van der Waals surface area contributed by atoms with Gasteiger partial charge in [-0.15, -0.1) is 0 Å². The lowest BCUT2D eigenvalue weighted by atomic mass is 9.94. The van der Waals surface area contributed by atoms with Gasteiger partial charge in [0.1, 0.15) is 5.58 Å². The first-order valence-corrected chi connectivity index (χ1v) is 11.9. The molecule has 1 aromatic heterocycles. The van der Waals surface area contributed by atoms with Crippen LogP contribution in [0.5, 0.6) is 0 Å². The Morgan fingerprint density at radius 1 is 0.943 bits per heavy atom. The molecule has 4 aromatic rings. The zero-order valence-corrected chi connectivity index (χ0v) is 19.9. The van der Waals surface area contributed by atoms with Crippen LogP contribution in [0.1, 0.15) is 11.1 Å². The second-order valence-corrected chi connectivity index (χ2v) is 9.13. The summed E-state index contributed by atoms with van der Waals surface area (Å²) in [6.45, 7) is 4.27. The zero-order chi connectivity index (χ0) is 24.4. The Labute approximate surface area is 208 Å². The number of aliphatic carboxylic acids is 1. The third kappa shape index (κ3) is 4.94. The van der Waals surface area contributed by atoms with Crippen molar-refractivity contribution in [3.63, 3.8) is 0 Å². The van der Waals surface area contributed by atoms with Gasteiger partial charge in [0.2, 0.25) is 0 Å². The molecule has 0 atom stereocenters. The molecule has 6 nitrogen and oxygen atoms in total. The Bertz CT molecular complexity index is 1410. The van der Waals surface area contributed by atoms with Gasteiger partial charge in [-0.1, -0.05) is 60.1 Å². The van der Waals surface area contributed by atoms with E-state index in [1.807, 2.05) is 42.5 Å². The smallest absolute Gasteiger partial charge is 0.340 e. The van der Waals surface area contributed by atoms with Gasteiger partial charge in [-0.25, -0.2) is 4.79 Å². The van der Waals surface area contributed by atoms with E-state index in [4.69, 9.17) is 16.0 Å². The van der Waals surface area contributed by atoms with Crippen LogP contribution in [-0.2, 0) is 17.8 Å². The van der Waals surface area contributed by atoms with Crippen molar-refractivity contribution in [1.29, 1.82) is 0 Å². The minimum Gasteiger partial charge on any atom is -0.481 e. The summed E-state index contributed by atoms with van der Waals surface area (Å²) in [7, 11) is 0. The van der Waals surface area contributed by atoms with Crippen LogP contribution >= 0.6 is 11.6 Å². The molecule has 1 saturated heterocycles. The topological polar surface area (TPSA) is 74.0 Å². The van der Waals surface area contributed by atoms with E-state index in [0.29, 0.717) is 28.1 Å². The Kier molecular flexibility index (Phi) is 6.57. The molecule has 1 N–H and O–H groups in total. The first-order chi connectivity index (χ1) is 17.0. The Hall–Kier alpha value is -3.61. The van der Waals surface area contributed by atoms with Crippen LogP contribution in [-0.4, -0.2) is 42.2 Å². The normalized spacial score (nSPS) is 14.4. The fraction of sp³-hybridized carbons (Fsp3) is 0.214. The van der Waals surface area contributed by atoms with Crippen LogP contribution in [0, 0.1) is 0 Å². The molecule has 2 heterocycles. The zero-order valence-electron chi connectivity index (χ0n) is 19.1. The monoisotopic (exact) mass is 488 g/mol. The largest absolute Gasteiger partial charge is 0.481 e. The van der Waals surface area contributed by atoms with Gasteiger partial charge in [-0.05, 0) is 29.3 Å². The number of para-hydroxylation sites is 1. The van der Waals surface area contributed by atoms with E-state index in [0.717, 1.165) is 37.3 Å². The maximum Gasteiger partial charge on any atom is 0.340 e. The number of hydrogen-bond acceptors (Lipinski definition) is 5. The SMILES string of the molecule is O=C(O)Cc1c(-c2ccccc2)c2cc(CN3CCN(c4ccccc4)CC3)c(Cl)cc2oc1=O. The van der Waals surface area contributed by atoms with E-state index in [1.165, 1.54) is 5.69 Å². The highest BCUT2D eigenvalue weighted by molar-refractivity contribution is 6.32. The summed E-state index contributed by atoms with van der Waals surface area (Å²) in [4.78, 5) is 29.0. The van der Waals surface area contributed by atoms with Gasteiger partial charge in [0.25, 0.3) is 0 Å². The van der Waals surface area contributed by atoms with Crippen molar-refractivity contribution in [1.82, 2.24) is 4.90 Å². The number of carboxylic acids is 1. The lowest BCUT2D eigenvalue weighted by Gasteiger charge is -2.36. The lowest BCUT2D eigenvalue weighted by Crippen LogP contribution is -2.46. The first-order valence-electron chi connectivity index (χ1n) is 11.6. The number of halogens is 1. The maximum absolute atomic E-state index is 12.7. The van der Waals surface area contributed by atoms with Crippen molar-refractivity contribution in [2.75, 3.05) is 31.1 Å². The number of benzene rings is 3. The van der Waals surface area contributed by atoms with Gasteiger partial charge in [0.05, 0.1) is 12.0 Å². The third-order valence-corrected chi connectivity index (χ3v) is 6.80. The van der Waals surface area contributed by atoms with E-state index in [9.17, 15) is 14.7 Å². The molecule has 0 saturated carbocycles. The predicted molar refractivity (Wildman–Crippen MR) is 138 cm³/mol. The number of piperazine rings is 1. The summed E-state index contributed by atoms with van der Waals surface area (Å²) in [5, 5.41) is 10.7. The van der Waals surface area contributed by atoms with E-state index in [1.54, 1.807) is 6.07 Å². The third-order valence-electron chi connectivity index (χ3n) is 6.45. The van der Waals surface area contributed by atoms with E-state index in [-0.39, 0.29) is 5.56 Å². The molecule has 3 aromatic carbocycles. The molecule has 0 aliphatic carbocycles. The van der Waals surface area contributed by atoms with Crippen molar-refractivity contribution in [2.24, 2.45) is 0 Å². The molecule has 0 unspecified atom stereocenters. The fourth-order valence-corrected chi connectivity index (χ4v) is 4.93. The number of carbonyl (C=O) groups is 1. The Morgan fingerprint density at radius 3 is 2.26 bits per heavy atom. The number of hydrogen-bond donors (Lipinski definition) is 1. The molecule has 1 aliphatic rings. The maximum atomic E-state index is 12.7. The minimum atomic E-state index is -1.08. The van der Waals surface area contributed by atoms with E-state index in [2.05, 4.69) is 34.1 Å². The molecule has 0 amide bonds. The fourth-order valence-electron chi connectivity index (χ4n) is 4.72. The van der Waals surface area contributed by atoms with E-state index >= 15 is 0 Å². The Morgan fingerprint density at radius 2 is 1.60 bits per heavy atom. The van der Waals surface area contributed by atoms with Gasteiger partial charge in [-0.2, -0.15) is 0 Å². The molecule has 178 valence electrons. The number of rotatable bonds is 6. The van der Waals surface area contributed by atoms with Crippen LogP contribution in [0.15, 0.2) is 82.0 Å². The molecular weight excluding hydrogens is 464 g/mol. The van der Waals surface area contributed by atoms with Gasteiger partial charge < -0.3 is 14.4 Å². The van der Waals surface area contributed by atoms with Gasteiger partial charge in [-0.3, -0.25) is 9.69 Å². The average Bonchev–Trinajstić information content (AvgIpc) is 2.87. The van der Waals surface area contributed by atoms with Crippen molar-refractivity contribution in [2.45, 2.75) is 13.0 Å². The first kappa shape index (κ1) is 23.1. The van der Waals surface area contributed by atoms with Crippen LogP contribution in [0.25, 0.3) is 22.1 Å². The molecule has 7 heteroatoms. The minimum absolute atomic E-state index is 0.140. The van der Waals surface area contributed by atoms with Gasteiger partial charge in [0, 0.05) is 60.4 Å². The lowest BCUT2D eigenvalue weighted by molar-refractivity contribution is -0.136. The van der Waals surface area contributed by atoms with Crippen molar-refractivity contribution in [3.8, 4) is 11.1 Å². The van der Waals surface area contributed by atoms with Crippen LogP contribution < -0.4 is 10.5 Å². The van der Waals surface area contributed by atoms with Crippen LogP contribution in [0.4, 0.5) is 5.69 Å². The Balaban J connectivity index is 1.49. The number of anilines is 1. The number of nitrogens with zero attached hydrogens (tertiary/aromatic N) is 2. The molecule has 0 bridgehead atoms. The molecule has 1 aliphatic heterocycles. The summed E-state index contributed by atoms with van der Waals surface area (Å²) in [6, 6.07) is 23.4. The summed E-state index contributed by atoms with van der Waals surface area (Å²) in [6.07, 6.45) is -0.415. The molecule has 5 rings (SSSR count). The number of fused-ring (bicyclic) bond motifs is 1. The van der Waals surface area contributed by atoms with Crippen molar-refractivity contribution < 1.29 is 14.3 Å². The van der Waals surface area contributed by atoms with Gasteiger partial charge in [0.15, 0.2) is 0 Å². The molecule has 35 heavy (non-hydrogen) atoms. The van der Waals surface area contributed by atoms with Gasteiger partial charge >= 0.3 is 11.6 Å². The molecular formula is C28H25ClN2O4. The molecule has 0 radical (unpaired) electrons. The van der Waals surface area contributed by atoms with Crippen molar-refractivity contribution >= 4 is 34.2 Å². The summed E-state index contributed by atoms with van der Waals surface area (Å²) in [5.74, 6) is -1.08. The quantitative estimate of drug-likeness (QED) is 0.382. The standard InChI is InChI=1S/C28H25ClN2O4/c29-24-17-25-22(27(19-7-3-1-4-8-19)23(16-26(32)33)28(34)35-25)15-20(24)18-30-11-13-31(14-12-30)21-9-5-2-6-10-21/h1-10,15,17H,11-14,16,18H2,(H,32,33). The van der Waals surface area contributed by atoms with Crippen molar-refractivity contribution in [3.05, 3.63) is 99.4 Å². The summed E-state index contributed by atoms with van der Waals surface area (Å²) in [5.41, 5.74) is 3.34. The van der Waals surface area contributed by atoms with Crippen LogP contribution in [0.3, 0.4) is 0 Å².